The zero-order chi connectivity index (χ0) is 12.6. The van der Waals surface area contributed by atoms with Gasteiger partial charge in [-0.15, -0.1) is 0 Å². The highest BCUT2D eigenvalue weighted by molar-refractivity contribution is 5.84. The van der Waals surface area contributed by atoms with Gasteiger partial charge < -0.3 is 9.80 Å². The molecule has 3 atom stereocenters. The van der Waals surface area contributed by atoms with Crippen LogP contribution in [-0.4, -0.2) is 54.6 Å². The van der Waals surface area contributed by atoms with Crippen molar-refractivity contribution in [3.63, 3.8) is 0 Å². The SMILES string of the molecule is CC(C)C1NCN(C2CCN(C)CC2C)C1=O. The van der Waals surface area contributed by atoms with Gasteiger partial charge in [-0.2, -0.15) is 0 Å². The standard InChI is InChI=1S/C13H25N3O/c1-9(2)12-13(17)16(8-14-12)11-5-6-15(4)7-10(11)3/h9-12,14H,5-8H2,1-4H3. The minimum Gasteiger partial charge on any atom is -0.325 e. The topological polar surface area (TPSA) is 35.6 Å². The van der Waals surface area contributed by atoms with Crippen LogP contribution in [0.1, 0.15) is 27.2 Å². The summed E-state index contributed by atoms with van der Waals surface area (Å²) in [6.07, 6.45) is 1.11. The molecule has 0 aromatic heterocycles. The maximum Gasteiger partial charge on any atom is 0.241 e. The highest BCUT2D eigenvalue weighted by Crippen LogP contribution is 2.24. The van der Waals surface area contributed by atoms with E-state index < -0.39 is 0 Å². The number of carbonyl (C=O) groups excluding carboxylic acids is 1. The summed E-state index contributed by atoms with van der Waals surface area (Å²) in [6.45, 7) is 9.41. The van der Waals surface area contributed by atoms with Crippen molar-refractivity contribution < 1.29 is 4.79 Å². The van der Waals surface area contributed by atoms with Gasteiger partial charge in [0.2, 0.25) is 5.91 Å². The molecule has 1 amide bonds. The summed E-state index contributed by atoms with van der Waals surface area (Å²) >= 11 is 0. The van der Waals surface area contributed by atoms with Crippen LogP contribution in [0.4, 0.5) is 0 Å². The van der Waals surface area contributed by atoms with Crippen molar-refractivity contribution in [2.45, 2.75) is 39.3 Å². The highest BCUT2D eigenvalue weighted by Gasteiger charge is 2.39. The third kappa shape index (κ3) is 2.47. The van der Waals surface area contributed by atoms with Gasteiger partial charge in [0, 0.05) is 12.6 Å². The maximum absolute atomic E-state index is 12.3. The molecule has 98 valence electrons. The average Bonchev–Trinajstić information content (AvgIpc) is 2.60. The number of carbonyl (C=O) groups is 1. The Morgan fingerprint density at radius 3 is 2.65 bits per heavy atom. The molecule has 0 radical (unpaired) electrons. The first-order chi connectivity index (χ1) is 8.00. The average molecular weight is 239 g/mol. The summed E-state index contributed by atoms with van der Waals surface area (Å²) < 4.78 is 0. The molecule has 1 N–H and O–H groups in total. The second-order valence-electron chi connectivity index (χ2n) is 5.99. The van der Waals surface area contributed by atoms with Gasteiger partial charge in [-0.05, 0) is 31.8 Å². The quantitative estimate of drug-likeness (QED) is 0.772. The first kappa shape index (κ1) is 12.8. The lowest BCUT2D eigenvalue weighted by Crippen LogP contribution is -2.50. The number of hydrogen-bond donors (Lipinski definition) is 1. The van der Waals surface area contributed by atoms with Crippen molar-refractivity contribution in [2.24, 2.45) is 11.8 Å². The fourth-order valence-electron chi connectivity index (χ4n) is 3.15. The van der Waals surface area contributed by atoms with Crippen molar-refractivity contribution in [1.82, 2.24) is 15.1 Å². The van der Waals surface area contributed by atoms with Crippen LogP contribution in [0.2, 0.25) is 0 Å². The smallest absolute Gasteiger partial charge is 0.241 e. The molecule has 2 rings (SSSR count). The molecule has 2 fully saturated rings. The van der Waals surface area contributed by atoms with Crippen molar-refractivity contribution in [3.05, 3.63) is 0 Å². The Balaban J connectivity index is 2.02. The second kappa shape index (κ2) is 4.94. The summed E-state index contributed by atoms with van der Waals surface area (Å²) in [5, 5.41) is 3.35. The number of piperidine rings is 1. The van der Waals surface area contributed by atoms with Crippen molar-refractivity contribution in [2.75, 3.05) is 26.8 Å². The number of amides is 1. The zero-order valence-electron chi connectivity index (χ0n) is 11.4. The molecule has 4 heteroatoms. The monoisotopic (exact) mass is 239 g/mol. The molecule has 2 aliphatic heterocycles. The summed E-state index contributed by atoms with van der Waals surface area (Å²) in [5.41, 5.74) is 0. The summed E-state index contributed by atoms with van der Waals surface area (Å²) in [7, 11) is 2.16. The Morgan fingerprint density at radius 1 is 1.41 bits per heavy atom. The molecule has 17 heavy (non-hydrogen) atoms. The minimum absolute atomic E-state index is 0.0295. The molecule has 2 heterocycles. The van der Waals surface area contributed by atoms with Gasteiger partial charge in [-0.3, -0.25) is 10.1 Å². The molecule has 0 aliphatic carbocycles. The fraction of sp³-hybridized carbons (Fsp3) is 0.923. The van der Waals surface area contributed by atoms with E-state index in [0.717, 1.165) is 26.2 Å². The van der Waals surface area contributed by atoms with E-state index in [1.165, 1.54) is 0 Å². The van der Waals surface area contributed by atoms with Crippen molar-refractivity contribution in [3.8, 4) is 0 Å². The number of hydrogen-bond acceptors (Lipinski definition) is 3. The molecule has 0 saturated carbocycles. The van der Waals surface area contributed by atoms with Crippen LogP contribution in [-0.2, 0) is 4.79 Å². The molecule has 2 aliphatic rings. The van der Waals surface area contributed by atoms with E-state index in [1.807, 2.05) is 0 Å². The first-order valence-corrected chi connectivity index (χ1v) is 6.73. The Bertz CT molecular complexity index is 292. The van der Waals surface area contributed by atoms with Crippen LogP contribution in [0.25, 0.3) is 0 Å². The summed E-state index contributed by atoms with van der Waals surface area (Å²) in [5.74, 6) is 1.26. The summed E-state index contributed by atoms with van der Waals surface area (Å²) in [6, 6.07) is 0.455. The van der Waals surface area contributed by atoms with Gasteiger partial charge in [0.15, 0.2) is 0 Å². The van der Waals surface area contributed by atoms with Crippen molar-refractivity contribution in [1.29, 1.82) is 0 Å². The molecule has 0 aromatic carbocycles. The Labute approximate surface area is 104 Å². The van der Waals surface area contributed by atoms with Crippen LogP contribution < -0.4 is 5.32 Å². The van der Waals surface area contributed by atoms with E-state index in [0.29, 0.717) is 23.8 Å². The second-order valence-corrected chi connectivity index (χ2v) is 5.99. The van der Waals surface area contributed by atoms with Gasteiger partial charge >= 0.3 is 0 Å². The van der Waals surface area contributed by atoms with Crippen LogP contribution >= 0.6 is 0 Å². The van der Waals surface area contributed by atoms with Crippen LogP contribution in [0, 0.1) is 11.8 Å². The van der Waals surface area contributed by atoms with Crippen LogP contribution in [0.3, 0.4) is 0 Å². The lowest BCUT2D eigenvalue weighted by Gasteiger charge is -2.39. The first-order valence-electron chi connectivity index (χ1n) is 6.73. The molecular weight excluding hydrogens is 214 g/mol. The fourth-order valence-corrected chi connectivity index (χ4v) is 3.15. The molecule has 2 saturated heterocycles. The Morgan fingerprint density at radius 2 is 2.12 bits per heavy atom. The normalized spacial score (nSPS) is 35.9. The lowest BCUT2D eigenvalue weighted by atomic mass is 9.92. The number of nitrogens with one attached hydrogen (secondary N) is 1. The predicted molar refractivity (Wildman–Crippen MR) is 68.5 cm³/mol. The van der Waals surface area contributed by atoms with E-state index in [1.54, 1.807) is 0 Å². The van der Waals surface area contributed by atoms with Gasteiger partial charge in [0.05, 0.1) is 12.7 Å². The molecule has 3 unspecified atom stereocenters. The largest absolute Gasteiger partial charge is 0.325 e. The number of rotatable bonds is 2. The van der Waals surface area contributed by atoms with Crippen LogP contribution in [0.5, 0.6) is 0 Å². The molecule has 0 aromatic rings. The van der Waals surface area contributed by atoms with Crippen molar-refractivity contribution >= 4 is 5.91 Å². The Kier molecular flexibility index (Phi) is 3.73. The Hall–Kier alpha value is -0.610. The number of likely N-dealkylation sites (tertiary alicyclic amines) is 1. The van der Waals surface area contributed by atoms with E-state index in [9.17, 15) is 4.79 Å². The number of nitrogens with zero attached hydrogens (tertiary/aromatic N) is 2. The maximum atomic E-state index is 12.3. The van der Waals surface area contributed by atoms with E-state index in [4.69, 9.17) is 0 Å². The zero-order valence-corrected chi connectivity index (χ0v) is 11.4. The third-order valence-electron chi connectivity index (χ3n) is 4.16. The molecule has 0 spiro atoms. The van der Waals surface area contributed by atoms with Gasteiger partial charge in [-0.1, -0.05) is 20.8 Å². The van der Waals surface area contributed by atoms with Crippen LogP contribution in [0.15, 0.2) is 0 Å². The van der Waals surface area contributed by atoms with Gasteiger partial charge in [0.1, 0.15) is 0 Å². The van der Waals surface area contributed by atoms with E-state index >= 15 is 0 Å². The molecule has 0 bridgehead atoms. The molecular formula is C13H25N3O. The third-order valence-corrected chi connectivity index (χ3v) is 4.16. The summed E-state index contributed by atoms with van der Waals surface area (Å²) in [4.78, 5) is 16.8. The minimum atomic E-state index is 0.0295. The van der Waals surface area contributed by atoms with Gasteiger partial charge in [-0.25, -0.2) is 0 Å². The van der Waals surface area contributed by atoms with E-state index in [-0.39, 0.29) is 6.04 Å². The van der Waals surface area contributed by atoms with Gasteiger partial charge in [0.25, 0.3) is 0 Å². The molecule has 4 nitrogen and oxygen atoms in total. The highest BCUT2D eigenvalue weighted by atomic mass is 16.2. The predicted octanol–water partition coefficient (Wildman–Crippen LogP) is 0.740. The van der Waals surface area contributed by atoms with E-state index in [2.05, 4.69) is 42.9 Å². The lowest BCUT2D eigenvalue weighted by molar-refractivity contribution is -0.133.